The van der Waals surface area contributed by atoms with E-state index in [9.17, 15) is 9.50 Å². The lowest BCUT2D eigenvalue weighted by atomic mass is 9.57. The molecule has 2 fully saturated rings. The molecule has 6 heteroatoms. The van der Waals surface area contributed by atoms with Gasteiger partial charge in [-0.2, -0.15) is 0 Å². The summed E-state index contributed by atoms with van der Waals surface area (Å²) in [6.45, 7) is 8.40. The van der Waals surface area contributed by atoms with Gasteiger partial charge >= 0.3 is 0 Å². The summed E-state index contributed by atoms with van der Waals surface area (Å²) in [5.41, 5.74) is 0.791. The van der Waals surface area contributed by atoms with Gasteiger partial charge in [-0.05, 0) is 31.0 Å². The van der Waals surface area contributed by atoms with Gasteiger partial charge in [-0.1, -0.05) is 19.9 Å². The Bertz CT molecular complexity index is 633. The summed E-state index contributed by atoms with van der Waals surface area (Å²) >= 11 is 0. The van der Waals surface area contributed by atoms with Crippen LogP contribution in [-0.2, 0) is 11.3 Å². The van der Waals surface area contributed by atoms with Crippen LogP contribution in [-0.4, -0.2) is 36.4 Å². The van der Waals surface area contributed by atoms with Gasteiger partial charge in [-0.25, -0.2) is 9.38 Å². The van der Waals surface area contributed by atoms with Gasteiger partial charge in [0.1, 0.15) is 0 Å². The first kappa shape index (κ1) is 17.0. The first-order valence-electron chi connectivity index (χ1n) is 8.57. The summed E-state index contributed by atoms with van der Waals surface area (Å²) in [5, 5.41) is 16.0. The molecule has 0 bridgehead atoms. The quantitative estimate of drug-likeness (QED) is 0.584. The topological polar surface area (TPSA) is 65.9 Å². The van der Waals surface area contributed by atoms with Gasteiger partial charge in [0.2, 0.25) is 0 Å². The molecule has 1 saturated heterocycles. The minimum atomic E-state index is -0.619. The number of phenolic OH excluding ortho intramolecular Hbond substituents is 1. The zero-order valence-corrected chi connectivity index (χ0v) is 14.5. The highest BCUT2D eigenvalue weighted by Crippen LogP contribution is 2.52. The number of nitrogens with one attached hydrogen (secondary N) is 2. The van der Waals surface area contributed by atoms with E-state index in [2.05, 4.69) is 29.5 Å². The fraction of sp³-hybridized carbons (Fsp3) is 0.611. The maximum atomic E-state index is 13.4. The lowest BCUT2D eigenvalue weighted by Gasteiger charge is -2.54. The summed E-state index contributed by atoms with van der Waals surface area (Å²) in [5.74, 6) is 0.298. The molecule has 1 aromatic carbocycles. The zero-order chi connectivity index (χ0) is 17.3. The van der Waals surface area contributed by atoms with Crippen molar-refractivity contribution in [3.63, 3.8) is 0 Å². The Hall–Kier alpha value is -1.82. The summed E-state index contributed by atoms with van der Waals surface area (Å²) in [6.07, 6.45) is 1.40. The number of aromatic hydroxyl groups is 1. The number of halogens is 1. The van der Waals surface area contributed by atoms with Gasteiger partial charge in [-0.15, -0.1) is 0 Å². The fourth-order valence-corrected chi connectivity index (χ4v) is 3.90. The second-order valence-corrected chi connectivity index (χ2v) is 7.17. The number of ether oxygens (including phenoxy) is 1. The number of hydrogen-bond donors (Lipinski definition) is 3. The van der Waals surface area contributed by atoms with Crippen molar-refractivity contribution in [1.82, 2.24) is 10.6 Å². The maximum Gasteiger partial charge on any atom is 0.191 e. The van der Waals surface area contributed by atoms with Crippen LogP contribution in [0.25, 0.3) is 0 Å². The molecule has 3 unspecified atom stereocenters. The molecule has 1 aliphatic carbocycles. The Labute approximate surface area is 142 Å². The van der Waals surface area contributed by atoms with E-state index in [0.29, 0.717) is 24.6 Å². The summed E-state index contributed by atoms with van der Waals surface area (Å²) in [6, 6.07) is 4.67. The van der Waals surface area contributed by atoms with Crippen molar-refractivity contribution in [3.05, 3.63) is 29.6 Å². The Morgan fingerprint density at radius 2 is 2.25 bits per heavy atom. The van der Waals surface area contributed by atoms with E-state index in [1.165, 1.54) is 12.1 Å². The lowest BCUT2D eigenvalue weighted by molar-refractivity contribution is -0.106. The molecule has 5 nitrogen and oxygen atoms in total. The van der Waals surface area contributed by atoms with E-state index in [-0.39, 0.29) is 11.2 Å². The molecule has 1 saturated carbocycles. The molecule has 0 spiro atoms. The number of benzene rings is 1. The van der Waals surface area contributed by atoms with Crippen molar-refractivity contribution >= 4 is 5.96 Å². The van der Waals surface area contributed by atoms with Crippen LogP contribution in [0.3, 0.4) is 0 Å². The Morgan fingerprint density at radius 1 is 1.46 bits per heavy atom. The third kappa shape index (κ3) is 3.07. The maximum absolute atomic E-state index is 13.4. The number of fused-ring (bicyclic) bond motifs is 1. The third-order valence-corrected chi connectivity index (χ3v) is 5.17. The van der Waals surface area contributed by atoms with Gasteiger partial charge in [-0.3, -0.25) is 0 Å². The molecular weight excluding hydrogens is 309 g/mol. The predicted molar refractivity (Wildman–Crippen MR) is 91.4 cm³/mol. The fourth-order valence-electron chi connectivity index (χ4n) is 3.90. The van der Waals surface area contributed by atoms with Gasteiger partial charge in [0.05, 0.1) is 12.6 Å². The molecular formula is C18H26FN3O2. The van der Waals surface area contributed by atoms with Crippen molar-refractivity contribution in [3.8, 4) is 5.75 Å². The highest BCUT2D eigenvalue weighted by Gasteiger charge is 2.59. The molecule has 3 N–H and O–H groups in total. The highest BCUT2D eigenvalue weighted by molar-refractivity contribution is 5.80. The van der Waals surface area contributed by atoms with Gasteiger partial charge in [0.15, 0.2) is 17.5 Å². The number of hydrogen-bond acceptors (Lipinski definition) is 3. The Kier molecular flexibility index (Phi) is 4.67. The van der Waals surface area contributed by atoms with Crippen molar-refractivity contribution in [2.75, 3.05) is 13.2 Å². The molecule has 2 aliphatic rings. The van der Waals surface area contributed by atoms with Crippen molar-refractivity contribution in [2.45, 2.75) is 45.9 Å². The third-order valence-electron chi connectivity index (χ3n) is 5.17. The molecule has 0 aromatic heterocycles. The number of rotatable bonds is 4. The average Bonchev–Trinajstić information content (AvgIpc) is 3.00. The molecule has 3 rings (SSSR count). The Morgan fingerprint density at radius 3 is 2.96 bits per heavy atom. The SMILES string of the molecule is CCNC(=NCc1ccc(O)c(F)c1)NC1C2CCOC2C1(C)C. The van der Waals surface area contributed by atoms with Crippen molar-refractivity contribution < 1.29 is 14.2 Å². The number of phenols is 1. The van der Waals surface area contributed by atoms with E-state index in [4.69, 9.17) is 4.74 Å². The second-order valence-electron chi connectivity index (χ2n) is 7.17. The first-order valence-corrected chi connectivity index (χ1v) is 8.57. The van der Waals surface area contributed by atoms with Crippen LogP contribution in [0, 0.1) is 17.2 Å². The van der Waals surface area contributed by atoms with Crippen molar-refractivity contribution in [1.29, 1.82) is 0 Å². The predicted octanol–water partition coefficient (Wildman–Crippen LogP) is 2.40. The molecule has 3 atom stereocenters. The number of aliphatic imine (C=N–C) groups is 1. The van der Waals surface area contributed by atoms with E-state index in [1.54, 1.807) is 6.07 Å². The smallest absolute Gasteiger partial charge is 0.191 e. The highest BCUT2D eigenvalue weighted by atomic mass is 19.1. The van der Waals surface area contributed by atoms with E-state index in [0.717, 1.165) is 31.1 Å². The molecule has 24 heavy (non-hydrogen) atoms. The van der Waals surface area contributed by atoms with Crippen LogP contribution < -0.4 is 10.6 Å². The van der Waals surface area contributed by atoms with Gasteiger partial charge in [0.25, 0.3) is 0 Å². The average molecular weight is 335 g/mol. The largest absolute Gasteiger partial charge is 0.505 e. The van der Waals surface area contributed by atoms with Crippen LogP contribution in [0.4, 0.5) is 4.39 Å². The zero-order valence-electron chi connectivity index (χ0n) is 14.5. The van der Waals surface area contributed by atoms with Crippen LogP contribution in [0.5, 0.6) is 5.75 Å². The summed E-state index contributed by atoms with van der Waals surface area (Å²) < 4.78 is 19.3. The standard InChI is InChI=1S/C18H26FN3O2/c1-4-20-17(21-10-11-5-6-14(23)13(19)9-11)22-15-12-7-8-24-16(12)18(15,2)3/h5-6,9,12,15-16,23H,4,7-8,10H2,1-3H3,(H2,20,21,22). The van der Waals surface area contributed by atoms with E-state index >= 15 is 0 Å². The van der Waals surface area contributed by atoms with Crippen LogP contribution in [0.15, 0.2) is 23.2 Å². The molecule has 0 amide bonds. The minimum Gasteiger partial charge on any atom is -0.505 e. The molecule has 0 radical (unpaired) electrons. The van der Waals surface area contributed by atoms with Crippen LogP contribution in [0.2, 0.25) is 0 Å². The summed E-state index contributed by atoms with van der Waals surface area (Å²) in [7, 11) is 0. The second kappa shape index (κ2) is 6.59. The lowest BCUT2D eigenvalue weighted by Crippen LogP contribution is -2.67. The van der Waals surface area contributed by atoms with Crippen LogP contribution >= 0.6 is 0 Å². The number of nitrogens with zero attached hydrogens (tertiary/aromatic N) is 1. The molecule has 132 valence electrons. The normalized spacial score (nSPS) is 28.2. The van der Waals surface area contributed by atoms with Gasteiger partial charge < -0.3 is 20.5 Å². The van der Waals surface area contributed by atoms with Crippen LogP contribution in [0.1, 0.15) is 32.8 Å². The number of guanidine groups is 1. The van der Waals surface area contributed by atoms with Gasteiger partial charge in [0, 0.05) is 30.5 Å². The minimum absolute atomic E-state index is 0.0714. The Balaban J connectivity index is 1.69. The molecule has 1 aromatic rings. The summed E-state index contributed by atoms with van der Waals surface area (Å²) in [4.78, 5) is 4.56. The monoisotopic (exact) mass is 335 g/mol. The molecule has 1 heterocycles. The van der Waals surface area contributed by atoms with E-state index < -0.39 is 5.82 Å². The van der Waals surface area contributed by atoms with Crippen molar-refractivity contribution in [2.24, 2.45) is 16.3 Å². The van der Waals surface area contributed by atoms with E-state index in [1.807, 2.05) is 6.92 Å². The first-order chi connectivity index (χ1) is 11.4. The molecule has 1 aliphatic heterocycles.